The van der Waals surface area contributed by atoms with Crippen molar-refractivity contribution in [3.8, 4) is 0 Å². The molecule has 2 aromatic carbocycles. The fraction of sp³-hybridized carbons (Fsp3) is 0.318. The minimum absolute atomic E-state index is 0.0610. The van der Waals surface area contributed by atoms with Gasteiger partial charge in [-0.2, -0.15) is 0 Å². The summed E-state index contributed by atoms with van der Waals surface area (Å²) < 4.78 is 13.5. The number of fused-ring (bicyclic) bond motifs is 1. The minimum Gasteiger partial charge on any atom is -0.354 e. The van der Waals surface area contributed by atoms with Gasteiger partial charge in [0.1, 0.15) is 5.82 Å². The third-order valence-corrected chi connectivity index (χ3v) is 5.00. The van der Waals surface area contributed by atoms with Crippen molar-refractivity contribution in [3.05, 3.63) is 65.0 Å². The Labute approximate surface area is 168 Å². The zero-order valence-electron chi connectivity index (χ0n) is 16.3. The van der Waals surface area contributed by atoms with Gasteiger partial charge in [-0.3, -0.25) is 14.4 Å². The number of carbonyl (C=O) groups excluding carboxylic acids is 3. The lowest BCUT2D eigenvalue weighted by Gasteiger charge is -2.24. The average Bonchev–Trinajstić information content (AvgIpc) is 2.71. The molecular weight excluding hydrogens is 373 g/mol. The molecule has 0 aromatic heterocycles. The Morgan fingerprint density at radius 2 is 1.90 bits per heavy atom. The molecule has 6 nitrogen and oxygen atoms in total. The van der Waals surface area contributed by atoms with E-state index >= 15 is 0 Å². The molecule has 0 fully saturated rings. The standard InChI is InChI=1S/C22H24FN3O3/c1-14-6-7-17(13-18(14)23)21(28)25-11-10-24-20(27)9-8-16-12-15-4-2-3-5-19(15)26-22(16)29/h2-7,13,16H,8-12H2,1H3,(H,24,27)(H,25,28)(H,26,29). The Morgan fingerprint density at radius 3 is 2.69 bits per heavy atom. The molecule has 0 bridgehead atoms. The van der Waals surface area contributed by atoms with Gasteiger partial charge >= 0.3 is 0 Å². The molecule has 29 heavy (non-hydrogen) atoms. The van der Waals surface area contributed by atoms with Crippen LogP contribution in [-0.4, -0.2) is 30.8 Å². The first-order chi connectivity index (χ1) is 13.9. The summed E-state index contributed by atoms with van der Waals surface area (Å²) in [6.07, 6.45) is 1.32. The molecule has 0 saturated carbocycles. The van der Waals surface area contributed by atoms with Gasteiger partial charge in [-0.05, 0) is 49.1 Å². The third-order valence-electron chi connectivity index (χ3n) is 5.00. The van der Waals surface area contributed by atoms with Crippen LogP contribution in [0, 0.1) is 18.7 Å². The van der Waals surface area contributed by atoms with E-state index in [1.54, 1.807) is 19.1 Å². The fourth-order valence-corrected chi connectivity index (χ4v) is 3.25. The highest BCUT2D eigenvalue weighted by atomic mass is 19.1. The average molecular weight is 397 g/mol. The lowest BCUT2D eigenvalue weighted by atomic mass is 9.89. The summed E-state index contributed by atoms with van der Waals surface area (Å²) in [6.45, 7) is 2.12. The highest BCUT2D eigenvalue weighted by molar-refractivity contribution is 5.96. The van der Waals surface area contributed by atoms with E-state index in [1.165, 1.54) is 6.07 Å². The second kappa shape index (κ2) is 9.32. The van der Waals surface area contributed by atoms with E-state index in [0.29, 0.717) is 18.4 Å². The molecule has 1 aliphatic heterocycles. The van der Waals surface area contributed by atoms with Gasteiger partial charge in [-0.1, -0.05) is 24.3 Å². The van der Waals surface area contributed by atoms with Gasteiger partial charge in [0.2, 0.25) is 11.8 Å². The Hall–Kier alpha value is -3.22. The molecule has 0 spiro atoms. The molecule has 1 atom stereocenters. The first-order valence-corrected chi connectivity index (χ1v) is 9.64. The van der Waals surface area contributed by atoms with Gasteiger partial charge < -0.3 is 16.0 Å². The smallest absolute Gasteiger partial charge is 0.251 e. The quantitative estimate of drug-likeness (QED) is 0.628. The van der Waals surface area contributed by atoms with Gasteiger partial charge in [-0.25, -0.2) is 4.39 Å². The molecule has 0 saturated heterocycles. The van der Waals surface area contributed by atoms with Crippen LogP contribution in [0.4, 0.5) is 10.1 Å². The number of nitrogens with one attached hydrogen (secondary N) is 3. The number of halogens is 1. The molecule has 3 N–H and O–H groups in total. The summed E-state index contributed by atoms with van der Waals surface area (Å²) in [5, 5.41) is 8.24. The summed E-state index contributed by atoms with van der Waals surface area (Å²) in [6, 6.07) is 11.9. The molecule has 2 aromatic rings. The van der Waals surface area contributed by atoms with Crippen LogP contribution in [0.2, 0.25) is 0 Å². The van der Waals surface area contributed by atoms with E-state index < -0.39 is 11.7 Å². The van der Waals surface area contributed by atoms with Crippen molar-refractivity contribution in [2.24, 2.45) is 5.92 Å². The zero-order chi connectivity index (χ0) is 20.8. The van der Waals surface area contributed by atoms with Crippen molar-refractivity contribution in [3.63, 3.8) is 0 Å². The Kier molecular flexibility index (Phi) is 6.59. The first-order valence-electron chi connectivity index (χ1n) is 9.64. The number of hydrogen-bond acceptors (Lipinski definition) is 3. The van der Waals surface area contributed by atoms with E-state index in [-0.39, 0.29) is 42.8 Å². The SMILES string of the molecule is Cc1ccc(C(=O)NCCNC(=O)CCC2Cc3ccccc3NC2=O)cc1F. The Morgan fingerprint density at radius 1 is 1.14 bits per heavy atom. The summed E-state index contributed by atoms with van der Waals surface area (Å²) in [7, 11) is 0. The van der Waals surface area contributed by atoms with Crippen molar-refractivity contribution in [2.75, 3.05) is 18.4 Å². The van der Waals surface area contributed by atoms with Crippen LogP contribution in [0.1, 0.15) is 34.3 Å². The van der Waals surface area contributed by atoms with Gasteiger partial charge in [0, 0.05) is 36.7 Å². The third kappa shape index (κ3) is 5.40. The number of aryl methyl sites for hydroxylation is 1. The second-order valence-electron chi connectivity index (χ2n) is 7.16. The van der Waals surface area contributed by atoms with Crippen molar-refractivity contribution in [2.45, 2.75) is 26.2 Å². The van der Waals surface area contributed by atoms with E-state index in [9.17, 15) is 18.8 Å². The first kappa shape index (κ1) is 20.5. The molecular formula is C22H24FN3O3. The van der Waals surface area contributed by atoms with Crippen LogP contribution in [0.3, 0.4) is 0 Å². The highest BCUT2D eigenvalue weighted by Crippen LogP contribution is 2.27. The molecule has 3 amide bonds. The van der Waals surface area contributed by atoms with Crippen LogP contribution >= 0.6 is 0 Å². The number of rotatable bonds is 7. The number of para-hydroxylation sites is 1. The monoisotopic (exact) mass is 397 g/mol. The maximum absolute atomic E-state index is 13.5. The largest absolute Gasteiger partial charge is 0.354 e. The normalized spacial score (nSPS) is 15.2. The van der Waals surface area contributed by atoms with Gasteiger partial charge in [-0.15, -0.1) is 0 Å². The number of benzene rings is 2. The van der Waals surface area contributed by atoms with Crippen LogP contribution in [0.15, 0.2) is 42.5 Å². The predicted octanol–water partition coefficient (Wildman–Crippen LogP) is 2.57. The van der Waals surface area contributed by atoms with Crippen LogP contribution in [-0.2, 0) is 16.0 Å². The minimum atomic E-state index is -0.430. The highest BCUT2D eigenvalue weighted by Gasteiger charge is 2.26. The Bertz CT molecular complexity index is 929. The summed E-state index contributed by atoms with van der Waals surface area (Å²) in [5.41, 5.74) is 2.63. The zero-order valence-corrected chi connectivity index (χ0v) is 16.3. The van der Waals surface area contributed by atoms with Crippen molar-refractivity contribution >= 4 is 23.4 Å². The molecule has 7 heteroatoms. The summed E-state index contributed by atoms with van der Waals surface area (Å²) in [4.78, 5) is 36.2. The van der Waals surface area contributed by atoms with E-state index in [2.05, 4.69) is 16.0 Å². The predicted molar refractivity (Wildman–Crippen MR) is 108 cm³/mol. The molecule has 1 heterocycles. The van der Waals surface area contributed by atoms with Crippen LogP contribution in [0.5, 0.6) is 0 Å². The topological polar surface area (TPSA) is 87.3 Å². The van der Waals surface area contributed by atoms with Crippen molar-refractivity contribution in [1.29, 1.82) is 0 Å². The van der Waals surface area contributed by atoms with E-state index in [1.807, 2.05) is 24.3 Å². The Balaban J connectivity index is 1.36. The van der Waals surface area contributed by atoms with Gasteiger partial charge in [0.15, 0.2) is 0 Å². The lowest BCUT2D eigenvalue weighted by Crippen LogP contribution is -2.35. The molecule has 1 aliphatic rings. The van der Waals surface area contributed by atoms with Crippen LogP contribution in [0.25, 0.3) is 0 Å². The maximum Gasteiger partial charge on any atom is 0.251 e. The molecule has 3 rings (SSSR count). The van der Waals surface area contributed by atoms with Crippen molar-refractivity contribution in [1.82, 2.24) is 10.6 Å². The number of hydrogen-bond donors (Lipinski definition) is 3. The fourth-order valence-electron chi connectivity index (χ4n) is 3.25. The molecule has 152 valence electrons. The van der Waals surface area contributed by atoms with Crippen molar-refractivity contribution < 1.29 is 18.8 Å². The van der Waals surface area contributed by atoms with E-state index in [0.717, 1.165) is 11.3 Å². The van der Waals surface area contributed by atoms with E-state index in [4.69, 9.17) is 0 Å². The lowest BCUT2D eigenvalue weighted by molar-refractivity contribution is -0.122. The molecule has 1 unspecified atom stereocenters. The summed E-state index contributed by atoms with van der Waals surface area (Å²) in [5.74, 6) is -1.29. The maximum atomic E-state index is 13.5. The second-order valence-corrected chi connectivity index (χ2v) is 7.16. The molecule has 0 radical (unpaired) electrons. The number of carbonyl (C=O) groups is 3. The van der Waals surface area contributed by atoms with Gasteiger partial charge in [0.05, 0.1) is 0 Å². The van der Waals surface area contributed by atoms with Gasteiger partial charge in [0.25, 0.3) is 5.91 Å². The number of amides is 3. The van der Waals surface area contributed by atoms with Crippen LogP contribution < -0.4 is 16.0 Å². The molecule has 0 aliphatic carbocycles. The summed E-state index contributed by atoms with van der Waals surface area (Å²) >= 11 is 0. The number of anilines is 1.